The van der Waals surface area contributed by atoms with Gasteiger partial charge in [-0.2, -0.15) is 0 Å². The summed E-state index contributed by atoms with van der Waals surface area (Å²) in [7, 11) is 4.98. The molecular formula is C15H22N2O4. The van der Waals surface area contributed by atoms with E-state index in [2.05, 4.69) is 5.32 Å². The lowest BCUT2D eigenvalue weighted by atomic mass is 10.1. The number of rotatable bonds is 5. The Morgan fingerprint density at radius 3 is 2.76 bits per heavy atom. The molecule has 1 aliphatic rings. The summed E-state index contributed by atoms with van der Waals surface area (Å²) >= 11 is 0. The van der Waals surface area contributed by atoms with E-state index in [4.69, 9.17) is 14.2 Å². The first-order valence-corrected chi connectivity index (χ1v) is 6.92. The van der Waals surface area contributed by atoms with Crippen LogP contribution in [0.25, 0.3) is 0 Å². The maximum atomic E-state index is 12.3. The van der Waals surface area contributed by atoms with E-state index in [0.717, 1.165) is 5.56 Å². The van der Waals surface area contributed by atoms with E-state index < -0.39 is 0 Å². The molecule has 6 heteroatoms. The fraction of sp³-hybridized carbons (Fsp3) is 0.533. The van der Waals surface area contributed by atoms with Crippen molar-refractivity contribution in [3.05, 3.63) is 23.8 Å². The highest BCUT2D eigenvalue weighted by Gasteiger charge is 2.24. The normalized spacial score (nSPS) is 18.1. The third-order valence-electron chi connectivity index (χ3n) is 3.46. The molecule has 1 aliphatic heterocycles. The molecule has 0 radical (unpaired) electrons. The van der Waals surface area contributed by atoms with Crippen molar-refractivity contribution in [3.63, 3.8) is 0 Å². The van der Waals surface area contributed by atoms with Gasteiger partial charge in [0.05, 0.1) is 27.4 Å². The largest absolute Gasteiger partial charge is 0.493 e. The van der Waals surface area contributed by atoms with Crippen LogP contribution in [0, 0.1) is 0 Å². The molecule has 0 aliphatic carbocycles. The number of morpholine rings is 1. The smallest absolute Gasteiger partial charge is 0.242 e. The van der Waals surface area contributed by atoms with E-state index in [-0.39, 0.29) is 11.9 Å². The van der Waals surface area contributed by atoms with Gasteiger partial charge in [-0.1, -0.05) is 6.07 Å². The lowest BCUT2D eigenvalue weighted by molar-refractivity contribution is -0.135. The highest BCUT2D eigenvalue weighted by atomic mass is 16.5. The highest BCUT2D eigenvalue weighted by molar-refractivity contribution is 5.81. The zero-order chi connectivity index (χ0) is 15.2. The van der Waals surface area contributed by atoms with Gasteiger partial charge >= 0.3 is 0 Å². The predicted molar refractivity (Wildman–Crippen MR) is 78.6 cm³/mol. The lowest BCUT2D eigenvalue weighted by Crippen LogP contribution is -2.51. The maximum absolute atomic E-state index is 12.3. The first-order chi connectivity index (χ1) is 10.2. The van der Waals surface area contributed by atoms with Crippen LogP contribution in [0.2, 0.25) is 0 Å². The molecule has 2 rings (SSSR count). The van der Waals surface area contributed by atoms with E-state index in [1.807, 2.05) is 18.2 Å². The SMILES string of the molecule is COc1ccc(CN(C)C(=O)C2COCCN2)cc1OC. The summed E-state index contributed by atoms with van der Waals surface area (Å²) in [6, 6.07) is 5.39. The monoisotopic (exact) mass is 294 g/mol. The van der Waals surface area contributed by atoms with Gasteiger partial charge in [0.2, 0.25) is 5.91 Å². The fourth-order valence-corrected chi connectivity index (χ4v) is 2.32. The van der Waals surface area contributed by atoms with Crippen LogP contribution in [-0.2, 0) is 16.1 Å². The van der Waals surface area contributed by atoms with Crippen molar-refractivity contribution in [2.75, 3.05) is 41.0 Å². The van der Waals surface area contributed by atoms with Gasteiger partial charge in [-0.3, -0.25) is 4.79 Å². The Labute approximate surface area is 125 Å². The highest BCUT2D eigenvalue weighted by Crippen LogP contribution is 2.27. The molecule has 1 aromatic carbocycles. The van der Waals surface area contributed by atoms with Gasteiger partial charge < -0.3 is 24.4 Å². The van der Waals surface area contributed by atoms with Crippen molar-refractivity contribution >= 4 is 5.91 Å². The van der Waals surface area contributed by atoms with Gasteiger partial charge in [0.25, 0.3) is 0 Å². The molecule has 0 saturated carbocycles. The Hall–Kier alpha value is -1.79. The van der Waals surface area contributed by atoms with E-state index in [1.54, 1.807) is 26.2 Å². The van der Waals surface area contributed by atoms with Gasteiger partial charge in [-0.15, -0.1) is 0 Å². The van der Waals surface area contributed by atoms with Crippen LogP contribution in [0.1, 0.15) is 5.56 Å². The van der Waals surface area contributed by atoms with E-state index in [1.165, 1.54) is 0 Å². The first-order valence-electron chi connectivity index (χ1n) is 6.92. The number of likely N-dealkylation sites (N-methyl/N-ethyl adjacent to an activating group) is 1. The number of methoxy groups -OCH3 is 2. The maximum Gasteiger partial charge on any atom is 0.242 e. The average Bonchev–Trinajstić information content (AvgIpc) is 2.54. The molecule has 1 amide bonds. The van der Waals surface area contributed by atoms with Gasteiger partial charge in [0.1, 0.15) is 6.04 Å². The van der Waals surface area contributed by atoms with Gasteiger partial charge in [-0.05, 0) is 17.7 Å². The van der Waals surface area contributed by atoms with Gasteiger partial charge in [0, 0.05) is 20.1 Å². The zero-order valence-electron chi connectivity index (χ0n) is 12.7. The molecule has 1 saturated heterocycles. The summed E-state index contributed by atoms with van der Waals surface area (Å²) in [6.07, 6.45) is 0. The second-order valence-corrected chi connectivity index (χ2v) is 4.97. The molecule has 21 heavy (non-hydrogen) atoms. The third-order valence-corrected chi connectivity index (χ3v) is 3.46. The molecule has 0 aromatic heterocycles. The van der Waals surface area contributed by atoms with Crippen molar-refractivity contribution in [3.8, 4) is 11.5 Å². The van der Waals surface area contributed by atoms with Crippen LogP contribution < -0.4 is 14.8 Å². The number of nitrogens with zero attached hydrogens (tertiary/aromatic N) is 1. The molecule has 1 heterocycles. The van der Waals surface area contributed by atoms with Crippen molar-refractivity contribution in [2.24, 2.45) is 0 Å². The minimum Gasteiger partial charge on any atom is -0.493 e. The third kappa shape index (κ3) is 3.86. The van der Waals surface area contributed by atoms with Crippen LogP contribution >= 0.6 is 0 Å². The Morgan fingerprint density at radius 1 is 1.38 bits per heavy atom. The summed E-state index contributed by atoms with van der Waals surface area (Å²) in [5.74, 6) is 1.37. The molecule has 116 valence electrons. The quantitative estimate of drug-likeness (QED) is 0.864. The topological polar surface area (TPSA) is 60.0 Å². The van der Waals surface area contributed by atoms with E-state index in [0.29, 0.717) is 37.8 Å². The molecule has 6 nitrogen and oxygen atoms in total. The van der Waals surface area contributed by atoms with Crippen LogP contribution in [-0.4, -0.2) is 57.9 Å². The summed E-state index contributed by atoms with van der Waals surface area (Å²) in [5.41, 5.74) is 0.986. The minimum atomic E-state index is -0.260. The molecule has 1 fully saturated rings. The van der Waals surface area contributed by atoms with E-state index in [9.17, 15) is 4.79 Å². The molecule has 0 bridgehead atoms. The Balaban J connectivity index is 2.01. The molecule has 1 aromatic rings. The number of carbonyl (C=O) groups excluding carboxylic acids is 1. The second-order valence-electron chi connectivity index (χ2n) is 4.97. The van der Waals surface area contributed by atoms with Crippen molar-refractivity contribution < 1.29 is 19.0 Å². The zero-order valence-corrected chi connectivity index (χ0v) is 12.7. The lowest BCUT2D eigenvalue weighted by Gasteiger charge is -2.27. The minimum absolute atomic E-state index is 0.0319. The number of hydrogen-bond acceptors (Lipinski definition) is 5. The fourth-order valence-electron chi connectivity index (χ4n) is 2.32. The number of carbonyl (C=O) groups is 1. The Bertz CT molecular complexity index is 487. The van der Waals surface area contributed by atoms with Crippen LogP contribution in [0.4, 0.5) is 0 Å². The van der Waals surface area contributed by atoms with Gasteiger partial charge in [0.15, 0.2) is 11.5 Å². The van der Waals surface area contributed by atoms with Crippen molar-refractivity contribution in [1.82, 2.24) is 10.2 Å². The summed E-state index contributed by atoms with van der Waals surface area (Å²) < 4.78 is 15.8. The summed E-state index contributed by atoms with van der Waals surface area (Å²) in [5, 5.41) is 3.17. The number of benzene rings is 1. The molecule has 0 spiro atoms. The van der Waals surface area contributed by atoms with Crippen molar-refractivity contribution in [1.29, 1.82) is 0 Å². The van der Waals surface area contributed by atoms with Crippen LogP contribution in [0.5, 0.6) is 11.5 Å². The number of nitrogens with one attached hydrogen (secondary N) is 1. The Morgan fingerprint density at radius 2 is 2.14 bits per heavy atom. The predicted octanol–water partition coefficient (Wildman–Crippen LogP) is 0.651. The number of amides is 1. The number of hydrogen-bond donors (Lipinski definition) is 1. The molecule has 1 N–H and O–H groups in total. The van der Waals surface area contributed by atoms with E-state index >= 15 is 0 Å². The van der Waals surface area contributed by atoms with Gasteiger partial charge in [-0.25, -0.2) is 0 Å². The standard InChI is InChI=1S/C15H22N2O4/c1-17(15(18)12-10-21-7-6-16-12)9-11-4-5-13(19-2)14(8-11)20-3/h4-5,8,12,16H,6-7,9-10H2,1-3H3. The molecular weight excluding hydrogens is 272 g/mol. The second kappa shape index (κ2) is 7.28. The van der Waals surface area contributed by atoms with Crippen LogP contribution in [0.15, 0.2) is 18.2 Å². The Kier molecular flexibility index (Phi) is 5.41. The van der Waals surface area contributed by atoms with Crippen LogP contribution in [0.3, 0.4) is 0 Å². The molecule has 1 atom stereocenters. The average molecular weight is 294 g/mol. The van der Waals surface area contributed by atoms with Crippen molar-refractivity contribution in [2.45, 2.75) is 12.6 Å². The summed E-state index contributed by atoms with van der Waals surface area (Å²) in [6.45, 7) is 2.30. The number of ether oxygens (including phenoxy) is 3. The molecule has 1 unspecified atom stereocenters. The summed E-state index contributed by atoms with van der Waals surface area (Å²) in [4.78, 5) is 14.0. The first kappa shape index (κ1) is 15.6.